The van der Waals surface area contributed by atoms with Gasteiger partial charge in [-0.05, 0) is 68.1 Å². The Hall–Kier alpha value is -0.0400. The quantitative estimate of drug-likeness (QED) is 0.744. The summed E-state index contributed by atoms with van der Waals surface area (Å²) in [5.41, 5.74) is 6.18. The summed E-state index contributed by atoms with van der Waals surface area (Å²) in [6.07, 6.45) is 12.6. The summed E-state index contributed by atoms with van der Waals surface area (Å²) in [6.45, 7) is 7.23. The summed E-state index contributed by atoms with van der Waals surface area (Å²) in [5, 5.41) is 0. The maximum Gasteiger partial charge on any atom is 0.00416 e. The van der Waals surface area contributed by atoms with Crippen LogP contribution in [0.1, 0.15) is 78.6 Å². The lowest BCUT2D eigenvalue weighted by Crippen LogP contribution is -2.42. The monoisotopic (exact) mass is 265 g/mol. The molecule has 6 atom stereocenters. The Bertz CT molecular complexity index is 262. The van der Waals surface area contributed by atoms with E-state index < -0.39 is 0 Å². The van der Waals surface area contributed by atoms with Crippen LogP contribution in [0.25, 0.3) is 0 Å². The maximum absolute atomic E-state index is 6.18. The first-order valence-electron chi connectivity index (χ1n) is 8.91. The van der Waals surface area contributed by atoms with Crippen molar-refractivity contribution < 1.29 is 0 Å². The average molecular weight is 265 g/mol. The van der Waals surface area contributed by atoms with Gasteiger partial charge in [0.2, 0.25) is 0 Å². The molecule has 112 valence electrons. The van der Waals surface area contributed by atoms with Crippen LogP contribution in [0.5, 0.6) is 0 Å². The standard InChI is InChI=1S/C18H35N/c1-4-6-13(3)11-14-7-8-15-12-16(19)9-10-18(15)17(14)5-2/h13-18H,4-12,19H2,1-3H3/t13?,14?,15?,16-,17?,18?/m1/s1. The van der Waals surface area contributed by atoms with Crippen LogP contribution in [-0.2, 0) is 0 Å². The molecule has 19 heavy (non-hydrogen) atoms. The van der Waals surface area contributed by atoms with Crippen LogP contribution in [0, 0.1) is 29.6 Å². The first-order chi connectivity index (χ1) is 9.15. The van der Waals surface area contributed by atoms with Crippen molar-refractivity contribution in [3.05, 3.63) is 0 Å². The van der Waals surface area contributed by atoms with Gasteiger partial charge >= 0.3 is 0 Å². The predicted molar refractivity (Wildman–Crippen MR) is 84.0 cm³/mol. The Labute approximate surface area is 120 Å². The lowest BCUT2D eigenvalue weighted by Gasteiger charge is -2.47. The molecule has 0 heterocycles. The van der Waals surface area contributed by atoms with Crippen molar-refractivity contribution in [2.24, 2.45) is 35.3 Å². The minimum Gasteiger partial charge on any atom is -0.328 e. The second kappa shape index (κ2) is 7.11. The molecular weight excluding hydrogens is 230 g/mol. The van der Waals surface area contributed by atoms with Crippen LogP contribution in [0.2, 0.25) is 0 Å². The van der Waals surface area contributed by atoms with Crippen molar-refractivity contribution in [1.29, 1.82) is 0 Å². The molecular formula is C18H35N. The Balaban J connectivity index is 1.95. The molecule has 0 aliphatic heterocycles. The average Bonchev–Trinajstić information content (AvgIpc) is 2.39. The van der Waals surface area contributed by atoms with Crippen LogP contribution in [0.3, 0.4) is 0 Å². The molecule has 0 amide bonds. The molecule has 0 saturated heterocycles. The van der Waals surface area contributed by atoms with E-state index >= 15 is 0 Å². The van der Waals surface area contributed by atoms with E-state index in [9.17, 15) is 0 Å². The fourth-order valence-corrected chi connectivity index (χ4v) is 5.27. The van der Waals surface area contributed by atoms with E-state index in [4.69, 9.17) is 5.73 Å². The third-order valence-corrected chi connectivity index (χ3v) is 6.10. The fourth-order valence-electron chi connectivity index (χ4n) is 5.27. The van der Waals surface area contributed by atoms with Crippen molar-refractivity contribution in [2.75, 3.05) is 0 Å². The molecule has 0 radical (unpaired) electrons. The summed E-state index contributed by atoms with van der Waals surface area (Å²) in [4.78, 5) is 0. The highest BCUT2D eigenvalue weighted by atomic mass is 14.7. The fraction of sp³-hybridized carbons (Fsp3) is 1.00. The van der Waals surface area contributed by atoms with Crippen molar-refractivity contribution in [3.63, 3.8) is 0 Å². The first kappa shape index (κ1) is 15.4. The highest BCUT2D eigenvalue weighted by molar-refractivity contribution is 4.92. The van der Waals surface area contributed by atoms with E-state index in [1.54, 1.807) is 0 Å². The van der Waals surface area contributed by atoms with Crippen molar-refractivity contribution >= 4 is 0 Å². The minimum atomic E-state index is 0.509. The largest absolute Gasteiger partial charge is 0.328 e. The van der Waals surface area contributed by atoms with Gasteiger partial charge < -0.3 is 5.73 Å². The second-order valence-electron chi connectivity index (χ2n) is 7.54. The lowest BCUT2D eigenvalue weighted by atomic mass is 9.59. The molecule has 0 spiro atoms. The molecule has 0 aromatic heterocycles. The molecule has 1 heteroatoms. The predicted octanol–water partition coefficient (Wildman–Crippen LogP) is 4.99. The molecule has 2 fully saturated rings. The topological polar surface area (TPSA) is 26.0 Å². The van der Waals surface area contributed by atoms with Crippen molar-refractivity contribution in [3.8, 4) is 0 Å². The Kier molecular flexibility index (Phi) is 5.74. The van der Waals surface area contributed by atoms with Gasteiger partial charge in [-0.25, -0.2) is 0 Å². The van der Waals surface area contributed by atoms with Gasteiger partial charge in [0.05, 0.1) is 0 Å². The zero-order chi connectivity index (χ0) is 13.8. The smallest absolute Gasteiger partial charge is 0.00416 e. The third-order valence-electron chi connectivity index (χ3n) is 6.10. The van der Waals surface area contributed by atoms with Gasteiger partial charge in [0.15, 0.2) is 0 Å². The molecule has 2 N–H and O–H groups in total. The summed E-state index contributed by atoms with van der Waals surface area (Å²) in [5.74, 6) is 4.93. The first-order valence-corrected chi connectivity index (χ1v) is 8.91. The maximum atomic E-state index is 6.18. The number of fused-ring (bicyclic) bond motifs is 1. The van der Waals surface area contributed by atoms with Crippen molar-refractivity contribution in [1.82, 2.24) is 0 Å². The molecule has 0 aromatic rings. The number of nitrogens with two attached hydrogens (primary N) is 1. The van der Waals surface area contributed by atoms with Crippen molar-refractivity contribution in [2.45, 2.75) is 84.6 Å². The SMILES string of the molecule is CCCC(C)CC1CCC2C[C@H](N)CCC2C1CC. The minimum absolute atomic E-state index is 0.509. The van der Waals surface area contributed by atoms with Gasteiger partial charge in [0.25, 0.3) is 0 Å². The van der Waals surface area contributed by atoms with Gasteiger partial charge in [-0.2, -0.15) is 0 Å². The molecule has 2 rings (SSSR count). The van der Waals surface area contributed by atoms with E-state index in [2.05, 4.69) is 20.8 Å². The van der Waals surface area contributed by atoms with Crippen LogP contribution in [-0.4, -0.2) is 6.04 Å². The lowest BCUT2D eigenvalue weighted by molar-refractivity contribution is 0.0352. The second-order valence-corrected chi connectivity index (χ2v) is 7.54. The zero-order valence-corrected chi connectivity index (χ0v) is 13.4. The van der Waals surface area contributed by atoms with E-state index in [0.717, 1.165) is 29.6 Å². The van der Waals surface area contributed by atoms with E-state index in [0.29, 0.717) is 6.04 Å². The van der Waals surface area contributed by atoms with Gasteiger partial charge in [-0.3, -0.25) is 0 Å². The summed E-state index contributed by atoms with van der Waals surface area (Å²) in [6, 6.07) is 0.509. The van der Waals surface area contributed by atoms with E-state index in [-0.39, 0.29) is 0 Å². The van der Waals surface area contributed by atoms with Gasteiger partial charge in [-0.1, -0.05) is 40.0 Å². The van der Waals surface area contributed by atoms with Crippen LogP contribution in [0.4, 0.5) is 0 Å². The summed E-state index contributed by atoms with van der Waals surface area (Å²) < 4.78 is 0. The Morgan fingerprint density at radius 3 is 2.58 bits per heavy atom. The highest BCUT2D eigenvalue weighted by Gasteiger charge is 2.40. The highest BCUT2D eigenvalue weighted by Crippen LogP contribution is 2.49. The number of hydrogen-bond donors (Lipinski definition) is 1. The van der Waals surface area contributed by atoms with Gasteiger partial charge in [-0.15, -0.1) is 0 Å². The van der Waals surface area contributed by atoms with E-state index in [1.165, 1.54) is 57.8 Å². The molecule has 2 aliphatic carbocycles. The molecule has 2 saturated carbocycles. The van der Waals surface area contributed by atoms with Crippen LogP contribution < -0.4 is 5.73 Å². The molecule has 1 nitrogen and oxygen atoms in total. The molecule has 0 aromatic carbocycles. The summed E-state index contributed by atoms with van der Waals surface area (Å²) in [7, 11) is 0. The molecule has 0 bridgehead atoms. The Morgan fingerprint density at radius 1 is 1.11 bits per heavy atom. The zero-order valence-electron chi connectivity index (χ0n) is 13.4. The normalized spacial score (nSPS) is 40.7. The van der Waals surface area contributed by atoms with E-state index in [1.807, 2.05) is 0 Å². The Morgan fingerprint density at radius 2 is 1.89 bits per heavy atom. The van der Waals surface area contributed by atoms with Gasteiger partial charge in [0.1, 0.15) is 0 Å². The molecule has 2 aliphatic rings. The molecule has 5 unspecified atom stereocenters. The van der Waals surface area contributed by atoms with Crippen LogP contribution >= 0.6 is 0 Å². The van der Waals surface area contributed by atoms with Crippen LogP contribution in [0.15, 0.2) is 0 Å². The summed E-state index contributed by atoms with van der Waals surface area (Å²) >= 11 is 0. The number of rotatable bonds is 5. The third kappa shape index (κ3) is 3.74. The van der Waals surface area contributed by atoms with Gasteiger partial charge in [0, 0.05) is 6.04 Å². The number of hydrogen-bond acceptors (Lipinski definition) is 1.